The second-order valence-corrected chi connectivity index (χ2v) is 7.82. The minimum absolute atomic E-state index is 0.0200. The van der Waals surface area contributed by atoms with Crippen LogP contribution in [0.4, 0.5) is 0 Å². The smallest absolute Gasteiger partial charge is 0.220 e. The Balaban J connectivity index is 1.59. The minimum Gasteiger partial charge on any atom is -0.342 e. The summed E-state index contributed by atoms with van der Waals surface area (Å²) in [6.45, 7) is 0. The molecule has 0 bridgehead atoms. The van der Waals surface area contributed by atoms with Crippen LogP contribution in [0.2, 0.25) is 5.02 Å². The van der Waals surface area contributed by atoms with Crippen LogP contribution in [0.3, 0.4) is 0 Å². The number of aryl methyl sites for hydroxylation is 1. The van der Waals surface area contributed by atoms with E-state index >= 15 is 0 Å². The van der Waals surface area contributed by atoms with Gasteiger partial charge in [-0.15, -0.1) is 11.8 Å². The summed E-state index contributed by atoms with van der Waals surface area (Å²) < 4.78 is 1.92. The van der Waals surface area contributed by atoms with Gasteiger partial charge in [0.2, 0.25) is 5.91 Å². The molecule has 27 heavy (non-hydrogen) atoms. The first kappa shape index (κ1) is 19.5. The topological polar surface area (TPSA) is 46.9 Å². The minimum atomic E-state index is -0.295. The van der Waals surface area contributed by atoms with Gasteiger partial charge in [-0.1, -0.05) is 41.9 Å². The highest BCUT2D eigenvalue weighted by Crippen LogP contribution is 2.23. The first-order chi connectivity index (χ1) is 13.1. The van der Waals surface area contributed by atoms with E-state index in [4.69, 9.17) is 11.6 Å². The van der Waals surface area contributed by atoms with Gasteiger partial charge in [-0.3, -0.25) is 4.79 Å². The number of hydrogen-bond acceptors (Lipinski definition) is 3. The first-order valence-corrected chi connectivity index (χ1v) is 10.2. The Hall–Kier alpha value is -2.24. The molecule has 0 spiro atoms. The van der Waals surface area contributed by atoms with Crippen molar-refractivity contribution in [3.05, 3.63) is 83.4 Å². The summed E-state index contributed by atoms with van der Waals surface area (Å²) in [6.07, 6.45) is 4.91. The molecule has 140 valence electrons. The van der Waals surface area contributed by atoms with Crippen molar-refractivity contribution in [2.24, 2.45) is 7.05 Å². The molecular weight excluding hydrogens is 378 g/mol. The number of nitrogens with zero attached hydrogens (tertiary/aromatic N) is 2. The number of halogens is 1. The molecule has 1 heterocycles. The van der Waals surface area contributed by atoms with Crippen molar-refractivity contribution >= 4 is 29.3 Å². The van der Waals surface area contributed by atoms with Crippen LogP contribution in [0, 0.1) is 0 Å². The third-order valence-electron chi connectivity index (χ3n) is 4.19. The number of aromatic nitrogens is 2. The zero-order valence-corrected chi connectivity index (χ0v) is 16.7. The van der Waals surface area contributed by atoms with E-state index in [1.165, 1.54) is 4.90 Å². The van der Waals surface area contributed by atoms with E-state index in [1.54, 1.807) is 18.0 Å². The van der Waals surface area contributed by atoms with Crippen LogP contribution >= 0.6 is 23.4 Å². The van der Waals surface area contributed by atoms with Crippen molar-refractivity contribution in [3.8, 4) is 0 Å². The van der Waals surface area contributed by atoms with E-state index in [0.29, 0.717) is 11.4 Å². The number of hydrogen-bond donors (Lipinski definition) is 1. The van der Waals surface area contributed by atoms with Crippen LogP contribution in [-0.4, -0.2) is 21.2 Å². The summed E-state index contributed by atoms with van der Waals surface area (Å²) >= 11 is 7.77. The zero-order chi connectivity index (χ0) is 19.1. The van der Waals surface area contributed by atoms with E-state index in [-0.39, 0.29) is 11.9 Å². The summed E-state index contributed by atoms with van der Waals surface area (Å²) in [6, 6.07) is 17.4. The summed E-state index contributed by atoms with van der Waals surface area (Å²) in [4.78, 5) is 18.2. The summed E-state index contributed by atoms with van der Waals surface area (Å²) in [5, 5.41) is 3.79. The van der Waals surface area contributed by atoms with Crippen LogP contribution in [-0.2, 0) is 11.8 Å². The lowest BCUT2D eigenvalue weighted by Gasteiger charge is -2.19. The van der Waals surface area contributed by atoms with Gasteiger partial charge >= 0.3 is 0 Å². The molecule has 3 rings (SSSR count). The maximum Gasteiger partial charge on any atom is 0.220 e. The molecule has 0 radical (unpaired) electrons. The van der Waals surface area contributed by atoms with Gasteiger partial charge in [-0.05, 0) is 42.0 Å². The molecule has 1 N–H and O–H groups in total. The monoisotopic (exact) mass is 399 g/mol. The van der Waals surface area contributed by atoms with Crippen LogP contribution in [0.25, 0.3) is 0 Å². The summed E-state index contributed by atoms with van der Waals surface area (Å²) in [5.74, 6) is 1.72. The predicted molar refractivity (Wildman–Crippen MR) is 111 cm³/mol. The average molecular weight is 400 g/mol. The summed E-state index contributed by atoms with van der Waals surface area (Å²) in [5.41, 5.74) is 0.959. The normalized spacial score (nSPS) is 11.9. The Bertz CT molecular complexity index is 865. The maximum absolute atomic E-state index is 12.5. The van der Waals surface area contributed by atoms with Gasteiger partial charge in [0.15, 0.2) is 0 Å². The quantitative estimate of drug-likeness (QED) is 0.435. The van der Waals surface area contributed by atoms with Gasteiger partial charge in [-0.2, -0.15) is 0 Å². The molecule has 3 aromatic rings. The van der Waals surface area contributed by atoms with Gasteiger partial charge in [-0.25, -0.2) is 4.98 Å². The number of imidazole rings is 1. The molecule has 4 nitrogen and oxygen atoms in total. The van der Waals surface area contributed by atoms with E-state index in [9.17, 15) is 4.79 Å². The Morgan fingerprint density at radius 1 is 1.19 bits per heavy atom. The van der Waals surface area contributed by atoms with Crippen molar-refractivity contribution in [2.45, 2.75) is 23.8 Å². The van der Waals surface area contributed by atoms with Crippen LogP contribution in [0.5, 0.6) is 0 Å². The van der Waals surface area contributed by atoms with Crippen molar-refractivity contribution < 1.29 is 4.79 Å². The molecule has 1 aromatic heterocycles. The maximum atomic E-state index is 12.5. The Labute approximate surface area is 169 Å². The second kappa shape index (κ2) is 9.62. The lowest BCUT2D eigenvalue weighted by molar-refractivity contribution is -0.121. The standard InChI is InChI=1S/C21H22ClN3OS/c1-25-14-13-23-21(25)20(16-9-11-17(22)12-10-16)24-19(26)8-5-15-27-18-6-3-2-4-7-18/h2-4,6-7,9-14,20H,5,8,15H2,1H3,(H,24,26)/t20-/m1/s1. The Kier molecular flexibility index (Phi) is 6.96. The van der Waals surface area contributed by atoms with Crippen molar-refractivity contribution in [2.75, 3.05) is 5.75 Å². The number of rotatable bonds is 8. The largest absolute Gasteiger partial charge is 0.342 e. The van der Waals surface area contributed by atoms with Crippen molar-refractivity contribution in [1.29, 1.82) is 0 Å². The van der Waals surface area contributed by atoms with E-state index in [0.717, 1.165) is 23.6 Å². The second-order valence-electron chi connectivity index (χ2n) is 6.21. The van der Waals surface area contributed by atoms with Crippen molar-refractivity contribution in [1.82, 2.24) is 14.9 Å². The zero-order valence-electron chi connectivity index (χ0n) is 15.1. The number of thioether (sulfide) groups is 1. The van der Waals surface area contributed by atoms with Crippen LogP contribution in [0.15, 0.2) is 71.9 Å². The molecule has 0 fully saturated rings. The van der Waals surface area contributed by atoms with E-state index in [2.05, 4.69) is 22.4 Å². The number of benzene rings is 2. The summed E-state index contributed by atoms with van der Waals surface area (Å²) in [7, 11) is 1.92. The van der Waals surface area contributed by atoms with Crippen molar-refractivity contribution in [3.63, 3.8) is 0 Å². The van der Waals surface area contributed by atoms with Gasteiger partial charge in [0.1, 0.15) is 11.9 Å². The molecule has 6 heteroatoms. The Morgan fingerprint density at radius 3 is 2.59 bits per heavy atom. The average Bonchev–Trinajstić information content (AvgIpc) is 3.11. The molecule has 0 aliphatic rings. The predicted octanol–water partition coefficient (Wildman–Crippen LogP) is 4.85. The number of amides is 1. The fourth-order valence-electron chi connectivity index (χ4n) is 2.78. The van der Waals surface area contributed by atoms with Crippen LogP contribution in [0.1, 0.15) is 30.3 Å². The molecule has 0 unspecified atom stereocenters. The Morgan fingerprint density at radius 2 is 1.93 bits per heavy atom. The molecule has 1 atom stereocenters. The lowest BCUT2D eigenvalue weighted by atomic mass is 10.1. The highest BCUT2D eigenvalue weighted by atomic mass is 35.5. The molecule has 2 aromatic carbocycles. The van der Waals surface area contributed by atoms with Gasteiger partial charge in [0.05, 0.1) is 0 Å². The first-order valence-electron chi connectivity index (χ1n) is 8.83. The number of carbonyl (C=O) groups excluding carboxylic acids is 1. The van der Waals surface area contributed by atoms with Gasteiger partial charge < -0.3 is 9.88 Å². The fourth-order valence-corrected chi connectivity index (χ4v) is 3.78. The number of nitrogens with one attached hydrogen (secondary N) is 1. The highest BCUT2D eigenvalue weighted by molar-refractivity contribution is 7.99. The molecule has 0 aliphatic carbocycles. The highest BCUT2D eigenvalue weighted by Gasteiger charge is 2.20. The molecular formula is C21H22ClN3OS. The van der Waals surface area contributed by atoms with E-state index < -0.39 is 0 Å². The SMILES string of the molecule is Cn1ccnc1[C@H](NC(=O)CCCSc1ccccc1)c1ccc(Cl)cc1. The van der Waals surface area contributed by atoms with E-state index in [1.807, 2.05) is 60.3 Å². The molecule has 0 saturated carbocycles. The fraction of sp³-hybridized carbons (Fsp3) is 0.238. The number of carbonyl (C=O) groups is 1. The third-order valence-corrected chi connectivity index (χ3v) is 5.54. The molecule has 0 saturated heterocycles. The lowest BCUT2D eigenvalue weighted by Crippen LogP contribution is -2.31. The van der Waals surface area contributed by atoms with Crippen LogP contribution < -0.4 is 5.32 Å². The molecule has 1 amide bonds. The van der Waals surface area contributed by atoms with Gasteiger partial charge in [0, 0.05) is 35.8 Å². The van der Waals surface area contributed by atoms with Gasteiger partial charge in [0.25, 0.3) is 0 Å². The molecule has 0 aliphatic heterocycles. The third kappa shape index (κ3) is 5.62.